The summed E-state index contributed by atoms with van der Waals surface area (Å²) in [4.78, 5) is 37.4. The fraction of sp³-hybridized carbons (Fsp3) is 0.478. The van der Waals surface area contributed by atoms with Gasteiger partial charge in [0.15, 0.2) is 0 Å². The number of hydrogen-bond donors (Lipinski definition) is 1. The molecule has 2 amide bonds. The highest BCUT2D eigenvalue weighted by atomic mass is 19.1. The second-order valence-electron chi connectivity index (χ2n) is 8.18. The number of nitrogens with one attached hydrogen (secondary N) is 1. The van der Waals surface area contributed by atoms with Gasteiger partial charge in [-0.05, 0) is 50.5 Å². The van der Waals surface area contributed by atoms with Gasteiger partial charge >= 0.3 is 0 Å². The van der Waals surface area contributed by atoms with E-state index in [1.807, 2.05) is 13.0 Å². The number of ether oxygens (including phenoxy) is 1. The number of nitrogens with zero attached hydrogens (tertiary/aromatic N) is 4. The Hall–Kier alpha value is -3.23. The first-order chi connectivity index (χ1) is 15.5. The molecule has 2 aliphatic heterocycles. The summed E-state index contributed by atoms with van der Waals surface area (Å²) in [6, 6.07) is 7.54. The van der Waals surface area contributed by atoms with Crippen molar-refractivity contribution in [3.8, 4) is 5.88 Å². The van der Waals surface area contributed by atoms with Crippen molar-refractivity contribution in [3.63, 3.8) is 0 Å². The van der Waals surface area contributed by atoms with Gasteiger partial charge in [0, 0.05) is 37.8 Å². The zero-order chi connectivity index (χ0) is 22.5. The molecule has 0 bridgehead atoms. The van der Waals surface area contributed by atoms with Crippen LogP contribution < -0.4 is 19.9 Å². The molecular formula is C23H28FN5O3. The van der Waals surface area contributed by atoms with E-state index in [9.17, 15) is 14.0 Å². The van der Waals surface area contributed by atoms with Crippen molar-refractivity contribution in [3.05, 3.63) is 42.0 Å². The lowest BCUT2D eigenvalue weighted by molar-refractivity contribution is -0.126. The predicted molar refractivity (Wildman–Crippen MR) is 118 cm³/mol. The molecule has 1 unspecified atom stereocenters. The number of aryl methyl sites for hydroxylation is 1. The Bertz CT molecular complexity index is 963. The maximum absolute atomic E-state index is 13.1. The number of carbonyl (C=O) groups excluding carboxylic acids is 2. The number of benzene rings is 1. The second kappa shape index (κ2) is 9.93. The topological polar surface area (TPSA) is 87.7 Å². The summed E-state index contributed by atoms with van der Waals surface area (Å²) in [6.45, 7) is 4.67. The van der Waals surface area contributed by atoms with Crippen LogP contribution in [0.25, 0.3) is 0 Å². The van der Waals surface area contributed by atoms with Gasteiger partial charge in [0.25, 0.3) is 0 Å². The highest BCUT2D eigenvalue weighted by Crippen LogP contribution is 2.25. The smallest absolute Gasteiger partial charge is 0.227 e. The minimum Gasteiger partial charge on any atom is -0.476 e. The van der Waals surface area contributed by atoms with Crippen molar-refractivity contribution >= 4 is 23.3 Å². The zero-order valence-electron chi connectivity index (χ0n) is 18.2. The molecule has 1 aromatic carbocycles. The summed E-state index contributed by atoms with van der Waals surface area (Å²) < 4.78 is 18.9. The average Bonchev–Trinajstić information content (AvgIpc) is 3.19. The van der Waals surface area contributed by atoms with Crippen molar-refractivity contribution in [1.82, 2.24) is 15.3 Å². The van der Waals surface area contributed by atoms with Gasteiger partial charge < -0.3 is 19.9 Å². The molecule has 4 rings (SSSR count). The van der Waals surface area contributed by atoms with Gasteiger partial charge in [-0.15, -0.1) is 0 Å². The van der Waals surface area contributed by atoms with Crippen molar-refractivity contribution in [2.24, 2.45) is 5.92 Å². The van der Waals surface area contributed by atoms with E-state index in [1.54, 1.807) is 12.1 Å². The minimum absolute atomic E-state index is 0.133. The Kier molecular flexibility index (Phi) is 6.82. The number of anilines is 2. The van der Waals surface area contributed by atoms with E-state index in [1.165, 1.54) is 23.5 Å². The van der Waals surface area contributed by atoms with Crippen molar-refractivity contribution in [2.75, 3.05) is 42.6 Å². The van der Waals surface area contributed by atoms with E-state index in [-0.39, 0.29) is 37.2 Å². The van der Waals surface area contributed by atoms with E-state index in [2.05, 4.69) is 20.2 Å². The average molecular weight is 442 g/mol. The summed E-state index contributed by atoms with van der Waals surface area (Å²) in [5, 5.41) is 2.83. The normalized spacial score (nSPS) is 18.7. The Morgan fingerprint density at radius 1 is 1.19 bits per heavy atom. The number of aromatic nitrogens is 2. The van der Waals surface area contributed by atoms with Gasteiger partial charge in [-0.2, -0.15) is 4.98 Å². The summed E-state index contributed by atoms with van der Waals surface area (Å²) in [5.41, 5.74) is 0.596. The molecule has 0 radical (unpaired) electrons. The molecule has 9 heteroatoms. The Morgan fingerprint density at radius 3 is 2.69 bits per heavy atom. The van der Waals surface area contributed by atoms with Crippen LogP contribution in [0.3, 0.4) is 0 Å². The van der Waals surface area contributed by atoms with E-state index < -0.39 is 5.92 Å². The minimum atomic E-state index is -0.445. The molecule has 0 aliphatic carbocycles. The van der Waals surface area contributed by atoms with Gasteiger partial charge in [0.1, 0.15) is 24.1 Å². The van der Waals surface area contributed by atoms with Gasteiger partial charge in [-0.3, -0.25) is 9.59 Å². The van der Waals surface area contributed by atoms with E-state index in [0.29, 0.717) is 23.9 Å². The van der Waals surface area contributed by atoms with Crippen molar-refractivity contribution in [2.45, 2.75) is 32.6 Å². The Labute approximate surface area is 186 Å². The lowest BCUT2D eigenvalue weighted by Crippen LogP contribution is -2.35. The lowest BCUT2D eigenvalue weighted by Gasteiger charge is -2.28. The molecule has 0 spiro atoms. The largest absolute Gasteiger partial charge is 0.476 e. The number of hydrogen-bond acceptors (Lipinski definition) is 6. The van der Waals surface area contributed by atoms with E-state index >= 15 is 0 Å². The highest BCUT2D eigenvalue weighted by molar-refractivity contribution is 6.00. The van der Waals surface area contributed by atoms with Crippen LogP contribution in [0.2, 0.25) is 0 Å². The molecule has 1 N–H and O–H groups in total. The van der Waals surface area contributed by atoms with Gasteiger partial charge in [0.05, 0.1) is 12.5 Å². The fourth-order valence-corrected chi connectivity index (χ4v) is 4.11. The maximum atomic E-state index is 13.1. The van der Waals surface area contributed by atoms with Crippen LogP contribution in [0.4, 0.5) is 15.9 Å². The molecule has 1 aromatic heterocycles. The Morgan fingerprint density at radius 2 is 1.94 bits per heavy atom. The number of piperidine rings is 1. The first kappa shape index (κ1) is 22.0. The monoisotopic (exact) mass is 441 g/mol. The standard InChI is InChI=1S/C23H28FN5O3/c1-16-26-20(28-10-3-2-4-11-28)14-21(27-16)32-12-9-25-23(31)17-13-22(30)29(15-17)19-7-5-18(24)6-8-19/h5-8,14,17H,2-4,9-13,15H2,1H3,(H,25,31). The molecule has 3 heterocycles. The highest BCUT2D eigenvalue weighted by Gasteiger charge is 2.35. The molecule has 170 valence electrons. The quantitative estimate of drug-likeness (QED) is 0.665. The zero-order valence-corrected chi connectivity index (χ0v) is 18.2. The first-order valence-electron chi connectivity index (χ1n) is 11.1. The lowest BCUT2D eigenvalue weighted by atomic mass is 10.1. The van der Waals surface area contributed by atoms with E-state index in [4.69, 9.17) is 4.74 Å². The van der Waals surface area contributed by atoms with Gasteiger partial charge in [-0.25, -0.2) is 9.37 Å². The molecule has 0 saturated carbocycles. The third-order valence-electron chi connectivity index (χ3n) is 5.77. The van der Waals surface area contributed by atoms with Crippen LogP contribution in [-0.4, -0.2) is 54.6 Å². The second-order valence-corrected chi connectivity index (χ2v) is 8.18. The van der Waals surface area contributed by atoms with Crippen LogP contribution in [0.1, 0.15) is 31.5 Å². The van der Waals surface area contributed by atoms with E-state index in [0.717, 1.165) is 31.7 Å². The SMILES string of the molecule is Cc1nc(OCCNC(=O)C2CC(=O)N(c3ccc(F)cc3)C2)cc(N2CCCCC2)n1. The number of halogens is 1. The van der Waals surface area contributed by atoms with Crippen molar-refractivity contribution in [1.29, 1.82) is 0 Å². The molecule has 2 saturated heterocycles. The van der Waals surface area contributed by atoms with Crippen LogP contribution in [0.5, 0.6) is 5.88 Å². The third-order valence-corrected chi connectivity index (χ3v) is 5.77. The Balaban J connectivity index is 1.25. The molecule has 8 nitrogen and oxygen atoms in total. The molecule has 2 aliphatic rings. The van der Waals surface area contributed by atoms with Crippen LogP contribution >= 0.6 is 0 Å². The van der Waals surface area contributed by atoms with Crippen molar-refractivity contribution < 1.29 is 18.7 Å². The van der Waals surface area contributed by atoms with Gasteiger partial charge in [-0.1, -0.05) is 0 Å². The number of rotatable bonds is 7. The molecule has 2 aromatic rings. The summed E-state index contributed by atoms with van der Waals surface area (Å²) >= 11 is 0. The van der Waals surface area contributed by atoms with Crippen LogP contribution in [-0.2, 0) is 9.59 Å². The molecular weight excluding hydrogens is 413 g/mol. The first-order valence-corrected chi connectivity index (χ1v) is 11.1. The third kappa shape index (κ3) is 5.33. The fourth-order valence-electron chi connectivity index (χ4n) is 4.11. The summed E-state index contributed by atoms with van der Waals surface area (Å²) in [7, 11) is 0. The number of carbonyl (C=O) groups is 2. The van der Waals surface area contributed by atoms with Crippen LogP contribution in [0, 0.1) is 18.7 Å². The molecule has 2 fully saturated rings. The summed E-state index contributed by atoms with van der Waals surface area (Å²) in [6.07, 6.45) is 3.70. The number of amides is 2. The summed E-state index contributed by atoms with van der Waals surface area (Å²) in [5.74, 6) is 0.871. The molecule has 32 heavy (non-hydrogen) atoms. The van der Waals surface area contributed by atoms with Crippen LogP contribution in [0.15, 0.2) is 30.3 Å². The predicted octanol–water partition coefficient (Wildman–Crippen LogP) is 2.46. The van der Waals surface area contributed by atoms with Gasteiger partial charge in [0.2, 0.25) is 17.7 Å². The maximum Gasteiger partial charge on any atom is 0.227 e. The molecule has 1 atom stereocenters.